The molecule has 1 aromatic carbocycles. The van der Waals surface area contributed by atoms with Crippen molar-refractivity contribution in [1.82, 2.24) is 15.3 Å². The van der Waals surface area contributed by atoms with Crippen LogP contribution >= 0.6 is 15.9 Å². The largest absolute Gasteiger partial charge is 0.438 e. The highest BCUT2D eigenvalue weighted by molar-refractivity contribution is 9.10. The van der Waals surface area contributed by atoms with Crippen LogP contribution in [-0.2, 0) is 4.74 Å². The van der Waals surface area contributed by atoms with Gasteiger partial charge >= 0.3 is 6.09 Å². The molecule has 24 heavy (non-hydrogen) atoms. The van der Waals surface area contributed by atoms with E-state index in [9.17, 15) is 4.79 Å². The second kappa shape index (κ2) is 7.38. The molecule has 1 atom stereocenters. The Morgan fingerprint density at radius 3 is 2.42 bits per heavy atom. The van der Waals surface area contributed by atoms with Crippen molar-refractivity contribution in [2.45, 2.75) is 46.3 Å². The summed E-state index contributed by atoms with van der Waals surface area (Å²) in [6.45, 7) is 9.74. The van der Waals surface area contributed by atoms with Crippen molar-refractivity contribution >= 4 is 22.0 Å². The van der Waals surface area contributed by atoms with Crippen molar-refractivity contribution in [1.29, 1.82) is 0 Å². The first-order valence-electron chi connectivity index (χ1n) is 7.95. The predicted molar refractivity (Wildman–Crippen MR) is 98.7 cm³/mol. The number of amides is 1. The Morgan fingerprint density at radius 1 is 1.25 bits per heavy atom. The van der Waals surface area contributed by atoms with Gasteiger partial charge in [-0.05, 0) is 44.4 Å². The van der Waals surface area contributed by atoms with Crippen LogP contribution in [0, 0.1) is 5.92 Å². The van der Waals surface area contributed by atoms with Gasteiger partial charge < -0.3 is 15.0 Å². The van der Waals surface area contributed by atoms with Crippen LogP contribution in [-0.4, -0.2) is 21.6 Å². The van der Waals surface area contributed by atoms with E-state index in [2.05, 4.69) is 31.2 Å². The maximum atomic E-state index is 12.1. The number of imidazole rings is 1. The number of nitrogens with zero attached hydrogens (tertiary/aromatic N) is 1. The topological polar surface area (TPSA) is 67.0 Å². The quantitative estimate of drug-likeness (QED) is 0.762. The molecule has 0 aliphatic carbocycles. The Morgan fingerprint density at radius 2 is 1.88 bits per heavy atom. The van der Waals surface area contributed by atoms with E-state index >= 15 is 0 Å². The zero-order valence-corrected chi connectivity index (χ0v) is 16.3. The number of nitrogens with one attached hydrogen (secondary N) is 2. The molecule has 0 fully saturated rings. The summed E-state index contributed by atoms with van der Waals surface area (Å²) in [6.07, 6.45) is 0.887. The average molecular weight is 394 g/mol. The minimum Gasteiger partial charge on any atom is -0.438 e. The number of hydrogen-bond donors (Lipinski definition) is 2. The molecule has 0 saturated heterocycles. The first-order chi connectivity index (χ1) is 11.2. The molecule has 0 aliphatic heterocycles. The third-order valence-corrected chi connectivity index (χ3v) is 3.87. The van der Waals surface area contributed by atoms with Crippen LogP contribution in [0.5, 0.6) is 0 Å². The van der Waals surface area contributed by atoms with E-state index in [0.717, 1.165) is 15.7 Å². The van der Waals surface area contributed by atoms with Gasteiger partial charge in [0.25, 0.3) is 0 Å². The predicted octanol–water partition coefficient (Wildman–Crippen LogP) is 5.06. The first-order valence-corrected chi connectivity index (χ1v) is 8.74. The van der Waals surface area contributed by atoms with Gasteiger partial charge in [-0.3, -0.25) is 0 Å². The normalized spacial score (nSPS) is 13.0. The standard InChI is InChI=1S/C18H24BrN3O2/c1-11(2)15(24-17(23)22-18(3,4)5)16-20-10-14(21-16)12-6-8-13(19)9-7-12/h6-11,15H,1-5H3,(H,20,21)(H,22,23). The van der Waals surface area contributed by atoms with Gasteiger partial charge in [-0.1, -0.05) is 41.9 Å². The van der Waals surface area contributed by atoms with Crippen molar-refractivity contribution in [3.8, 4) is 11.3 Å². The van der Waals surface area contributed by atoms with Gasteiger partial charge in [-0.15, -0.1) is 0 Å². The van der Waals surface area contributed by atoms with Crippen LogP contribution in [0.1, 0.15) is 46.5 Å². The molecule has 0 radical (unpaired) electrons. The Labute approximate surface area is 151 Å². The van der Waals surface area contributed by atoms with Crippen molar-refractivity contribution in [3.63, 3.8) is 0 Å². The molecule has 2 rings (SSSR count). The van der Waals surface area contributed by atoms with Crippen LogP contribution in [0.4, 0.5) is 4.79 Å². The summed E-state index contributed by atoms with van der Waals surface area (Å²) in [5.74, 6) is 0.742. The summed E-state index contributed by atoms with van der Waals surface area (Å²) in [6, 6.07) is 7.95. The highest BCUT2D eigenvalue weighted by Gasteiger charge is 2.25. The number of H-pyrrole nitrogens is 1. The lowest BCUT2D eigenvalue weighted by atomic mass is 10.1. The summed E-state index contributed by atoms with van der Waals surface area (Å²) in [5, 5.41) is 2.81. The maximum absolute atomic E-state index is 12.1. The second-order valence-electron chi connectivity index (χ2n) is 7.13. The number of hydrogen-bond acceptors (Lipinski definition) is 3. The van der Waals surface area contributed by atoms with E-state index in [1.165, 1.54) is 0 Å². The maximum Gasteiger partial charge on any atom is 0.408 e. The van der Waals surface area contributed by atoms with E-state index in [-0.39, 0.29) is 11.5 Å². The molecule has 1 aromatic heterocycles. The summed E-state index contributed by atoms with van der Waals surface area (Å²) < 4.78 is 6.61. The Kier molecular flexibility index (Phi) is 5.70. The lowest BCUT2D eigenvalue weighted by Gasteiger charge is -2.24. The monoisotopic (exact) mass is 393 g/mol. The molecular formula is C18H24BrN3O2. The third kappa shape index (κ3) is 5.09. The number of alkyl carbamates (subject to hydrolysis) is 1. The average Bonchev–Trinajstić information content (AvgIpc) is 2.92. The molecule has 1 unspecified atom stereocenters. The SMILES string of the molecule is CC(C)C(OC(=O)NC(C)(C)C)c1ncc(-c2ccc(Br)cc2)[nH]1. The molecular weight excluding hydrogens is 370 g/mol. The second-order valence-corrected chi connectivity index (χ2v) is 8.05. The zero-order chi connectivity index (χ0) is 17.9. The fourth-order valence-electron chi connectivity index (χ4n) is 2.22. The molecule has 6 heteroatoms. The Hall–Kier alpha value is -1.82. The van der Waals surface area contributed by atoms with Crippen LogP contribution < -0.4 is 5.32 Å². The number of benzene rings is 1. The van der Waals surface area contributed by atoms with E-state index in [4.69, 9.17) is 4.74 Å². The van der Waals surface area contributed by atoms with E-state index in [0.29, 0.717) is 5.82 Å². The molecule has 0 spiro atoms. The molecule has 1 heterocycles. The van der Waals surface area contributed by atoms with Gasteiger partial charge in [0.05, 0.1) is 11.9 Å². The van der Waals surface area contributed by atoms with Crippen molar-refractivity contribution in [3.05, 3.63) is 40.8 Å². The molecule has 2 aromatic rings. The zero-order valence-electron chi connectivity index (χ0n) is 14.7. The summed E-state index contributed by atoms with van der Waals surface area (Å²) in [5.41, 5.74) is 1.58. The minimum atomic E-state index is -0.442. The molecule has 0 saturated carbocycles. The van der Waals surface area contributed by atoms with Crippen molar-refractivity contribution in [2.75, 3.05) is 0 Å². The fraction of sp³-hybridized carbons (Fsp3) is 0.444. The lowest BCUT2D eigenvalue weighted by Crippen LogP contribution is -2.41. The van der Waals surface area contributed by atoms with Gasteiger partial charge in [0.2, 0.25) is 0 Å². The van der Waals surface area contributed by atoms with E-state index in [1.807, 2.05) is 58.9 Å². The number of ether oxygens (including phenoxy) is 1. The Bertz CT molecular complexity index is 687. The highest BCUT2D eigenvalue weighted by Crippen LogP contribution is 2.27. The number of carbonyl (C=O) groups is 1. The van der Waals surface area contributed by atoms with E-state index in [1.54, 1.807) is 6.20 Å². The highest BCUT2D eigenvalue weighted by atomic mass is 79.9. The summed E-state index contributed by atoms with van der Waals surface area (Å²) >= 11 is 3.43. The summed E-state index contributed by atoms with van der Waals surface area (Å²) in [7, 11) is 0. The fourth-order valence-corrected chi connectivity index (χ4v) is 2.48. The number of carbonyl (C=O) groups excluding carboxylic acids is 1. The van der Waals surface area contributed by atoms with Crippen molar-refractivity contribution in [2.24, 2.45) is 5.92 Å². The first kappa shape index (κ1) is 18.5. The van der Waals surface area contributed by atoms with Gasteiger partial charge in [-0.25, -0.2) is 9.78 Å². The Balaban J connectivity index is 2.17. The molecule has 0 bridgehead atoms. The number of aromatic amines is 1. The van der Waals surface area contributed by atoms with Crippen LogP contribution in [0.3, 0.4) is 0 Å². The molecule has 0 aliphatic rings. The van der Waals surface area contributed by atoms with Crippen molar-refractivity contribution < 1.29 is 9.53 Å². The number of aromatic nitrogens is 2. The number of rotatable bonds is 4. The molecule has 1 amide bonds. The van der Waals surface area contributed by atoms with Gasteiger partial charge in [0.1, 0.15) is 5.82 Å². The van der Waals surface area contributed by atoms with Gasteiger partial charge in [-0.2, -0.15) is 0 Å². The smallest absolute Gasteiger partial charge is 0.408 e. The number of halogens is 1. The van der Waals surface area contributed by atoms with Crippen LogP contribution in [0.2, 0.25) is 0 Å². The van der Waals surface area contributed by atoms with E-state index < -0.39 is 12.2 Å². The minimum absolute atomic E-state index is 0.0969. The molecule has 5 nitrogen and oxygen atoms in total. The third-order valence-electron chi connectivity index (χ3n) is 3.34. The summed E-state index contributed by atoms with van der Waals surface area (Å²) in [4.78, 5) is 19.8. The van der Waals surface area contributed by atoms with Gasteiger partial charge in [0.15, 0.2) is 6.10 Å². The van der Waals surface area contributed by atoms with Crippen LogP contribution in [0.15, 0.2) is 34.9 Å². The lowest BCUT2D eigenvalue weighted by molar-refractivity contribution is 0.0609. The molecule has 130 valence electrons. The van der Waals surface area contributed by atoms with Crippen LogP contribution in [0.25, 0.3) is 11.3 Å². The molecule has 2 N–H and O–H groups in total. The van der Waals surface area contributed by atoms with Gasteiger partial charge in [0, 0.05) is 10.0 Å².